The molecule has 0 bridgehead atoms. The summed E-state index contributed by atoms with van der Waals surface area (Å²) < 4.78 is 5.46. The highest BCUT2D eigenvalue weighted by Crippen LogP contribution is 2.36. The number of carbonyl (C=O) groups is 1. The summed E-state index contributed by atoms with van der Waals surface area (Å²) in [5.74, 6) is 0.319. The van der Waals surface area contributed by atoms with Gasteiger partial charge in [-0.15, -0.1) is 0 Å². The summed E-state index contributed by atoms with van der Waals surface area (Å²) >= 11 is 0. The summed E-state index contributed by atoms with van der Waals surface area (Å²) in [7, 11) is 0. The number of nitrogen functional groups attached to an aromatic ring is 1. The van der Waals surface area contributed by atoms with E-state index in [0.29, 0.717) is 11.4 Å². The molecule has 2 fully saturated rings. The molecule has 24 heavy (non-hydrogen) atoms. The van der Waals surface area contributed by atoms with Crippen molar-refractivity contribution in [1.29, 1.82) is 0 Å². The Balaban J connectivity index is 1.62. The standard InChI is InChI=1S/C18H28N4O2/c19-16-12-15(4-7-20-16)17(23)21-13-18(5-2-1-3-6-18)14-22-8-10-24-11-9-22/h4,7,12H,1-3,5-6,8-11,13-14H2,(H2,19,20)(H,21,23). The van der Waals surface area contributed by atoms with Gasteiger partial charge in [-0.1, -0.05) is 19.3 Å². The van der Waals surface area contributed by atoms with Crippen LogP contribution in [0.25, 0.3) is 0 Å². The van der Waals surface area contributed by atoms with Crippen LogP contribution in [0.3, 0.4) is 0 Å². The molecule has 0 spiro atoms. The summed E-state index contributed by atoms with van der Waals surface area (Å²) in [4.78, 5) is 18.9. The molecule has 0 radical (unpaired) electrons. The van der Waals surface area contributed by atoms with Crippen molar-refractivity contribution in [3.63, 3.8) is 0 Å². The van der Waals surface area contributed by atoms with Crippen LogP contribution in [-0.4, -0.2) is 55.2 Å². The monoisotopic (exact) mass is 332 g/mol. The number of hydrogen-bond donors (Lipinski definition) is 2. The molecule has 2 heterocycles. The minimum absolute atomic E-state index is 0.0592. The molecule has 132 valence electrons. The van der Waals surface area contributed by atoms with Crippen molar-refractivity contribution >= 4 is 11.7 Å². The lowest BCUT2D eigenvalue weighted by atomic mass is 9.73. The number of pyridine rings is 1. The second-order valence-corrected chi connectivity index (χ2v) is 7.10. The smallest absolute Gasteiger partial charge is 0.251 e. The third kappa shape index (κ3) is 4.45. The number of aromatic nitrogens is 1. The zero-order valence-corrected chi connectivity index (χ0v) is 14.3. The minimum Gasteiger partial charge on any atom is -0.384 e. The Hall–Kier alpha value is -1.66. The Morgan fingerprint density at radius 3 is 2.75 bits per heavy atom. The van der Waals surface area contributed by atoms with E-state index in [0.717, 1.165) is 39.4 Å². The Kier molecular flexibility index (Phi) is 5.68. The zero-order chi connectivity index (χ0) is 16.8. The summed E-state index contributed by atoms with van der Waals surface area (Å²) in [6.45, 7) is 5.41. The number of nitrogens with two attached hydrogens (primary N) is 1. The maximum absolute atomic E-state index is 12.4. The first-order valence-electron chi connectivity index (χ1n) is 8.97. The number of morpholine rings is 1. The number of rotatable bonds is 5. The lowest BCUT2D eigenvalue weighted by Gasteiger charge is -2.42. The van der Waals surface area contributed by atoms with Crippen LogP contribution in [-0.2, 0) is 4.74 Å². The fraction of sp³-hybridized carbons (Fsp3) is 0.667. The number of anilines is 1. The second kappa shape index (κ2) is 7.94. The third-order valence-corrected chi connectivity index (χ3v) is 5.24. The van der Waals surface area contributed by atoms with Gasteiger partial charge >= 0.3 is 0 Å². The molecule has 0 unspecified atom stereocenters. The molecule has 1 aliphatic carbocycles. The summed E-state index contributed by atoms with van der Waals surface area (Å²) in [6.07, 6.45) is 7.76. The highest BCUT2D eigenvalue weighted by molar-refractivity contribution is 5.94. The molecule has 1 aromatic rings. The molecule has 3 rings (SSSR count). The van der Waals surface area contributed by atoms with Gasteiger partial charge in [0, 0.05) is 43.4 Å². The van der Waals surface area contributed by atoms with E-state index in [4.69, 9.17) is 10.5 Å². The Labute approximate surface area is 143 Å². The first kappa shape index (κ1) is 17.2. The molecule has 1 saturated heterocycles. The van der Waals surface area contributed by atoms with Crippen LogP contribution in [0.1, 0.15) is 42.5 Å². The van der Waals surface area contributed by atoms with Crippen molar-refractivity contribution in [2.75, 3.05) is 45.1 Å². The fourth-order valence-electron chi connectivity index (χ4n) is 3.89. The predicted molar refractivity (Wildman–Crippen MR) is 93.8 cm³/mol. The van der Waals surface area contributed by atoms with Crippen molar-refractivity contribution in [2.24, 2.45) is 5.41 Å². The lowest BCUT2D eigenvalue weighted by molar-refractivity contribution is 0.00728. The molecule has 1 aliphatic heterocycles. The first-order chi connectivity index (χ1) is 11.7. The molecule has 2 aliphatic rings. The number of carbonyl (C=O) groups excluding carboxylic acids is 1. The highest BCUT2D eigenvalue weighted by Gasteiger charge is 2.34. The largest absolute Gasteiger partial charge is 0.384 e. The molecular weight excluding hydrogens is 304 g/mol. The quantitative estimate of drug-likeness (QED) is 0.857. The Morgan fingerprint density at radius 2 is 2.04 bits per heavy atom. The highest BCUT2D eigenvalue weighted by atomic mass is 16.5. The SMILES string of the molecule is Nc1cc(C(=O)NCC2(CN3CCOCC3)CCCCC2)ccn1. The average molecular weight is 332 g/mol. The summed E-state index contributed by atoms with van der Waals surface area (Å²) in [5.41, 5.74) is 6.44. The van der Waals surface area contributed by atoms with Crippen LogP contribution in [0.15, 0.2) is 18.3 Å². The van der Waals surface area contributed by atoms with Crippen molar-refractivity contribution in [3.8, 4) is 0 Å². The summed E-state index contributed by atoms with van der Waals surface area (Å²) in [5, 5.41) is 3.15. The van der Waals surface area contributed by atoms with Crippen molar-refractivity contribution in [3.05, 3.63) is 23.9 Å². The van der Waals surface area contributed by atoms with Crippen LogP contribution in [0.5, 0.6) is 0 Å². The van der Waals surface area contributed by atoms with Crippen LogP contribution in [0, 0.1) is 5.41 Å². The van der Waals surface area contributed by atoms with E-state index in [2.05, 4.69) is 15.2 Å². The molecule has 0 atom stereocenters. The fourth-order valence-corrected chi connectivity index (χ4v) is 3.89. The Bertz CT molecular complexity index is 552. The molecule has 0 aromatic carbocycles. The maximum atomic E-state index is 12.4. The number of ether oxygens (including phenoxy) is 1. The summed E-state index contributed by atoms with van der Waals surface area (Å²) in [6, 6.07) is 3.34. The molecule has 3 N–H and O–H groups in total. The van der Waals surface area contributed by atoms with Crippen LogP contribution < -0.4 is 11.1 Å². The van der Waals surface area contributed by atoms with Crippen molar-refractivity contribution in [2.45, 2.75) is 32.1 Å². The molecule has 1 amide bonds. The van der Waals surface area contributed by atoms with Gasteiger partial charge in [-0.3, -0.25) is 9.69 Å². The van der Waals surface area contributed by atoms with Gasteiger partial charge in [-0.05, 0) is 25.0 Å². The van der Waals surface area contributed by atoms with Gasteiger partial charge in [-0.2, -0.15) is 0 Å². The predicted octanol–water partition coefficient (Wildman–Crippen LogP) is 1.68. The molecule has 6 heteroatoms. The topological polar surface area (TPSA) is 80.5 Å². The van der Waals surface area contributed by atoms with Gasteiger partial charge in [0.2, 0.25) is 0 Å². The van der Waals surface area contributed by atoms with Crippen LogP contribution >= 0.6 is 0 Å². The van der Waals surface area contributed by atoms with Gasteiger partial charge < -0.3 is 15.8 Å². The average Bonchev–Trinajstić information content (AvgIpc) is 2.61. The minimum atomic E-state index is -0.0592. The van der Waals surface area contributed by atoms with Gasteiger partial charge in [0.25, 0.3) is 5.91 Å². The van der Waals surface area contributed by atoms with E-state index in [9.17, 15) is 4.79 Å². The van der Waals surface area contributed by atoms with E-state index >= 15 is 0 Å². The van der Waals surface area contributed by atoms with Gasteiger partial charge in [0.05, 0.1) is 13.2 Å². The van der Waals surface area contributed by atoms with E-state index in [1.165, 1.54) is 32.1 Å². The Morgan fingerprint density at radius 1 is 1.29 bits per heavy atom. The van der Waals surface area contributed by atoms with E-state index in [1.807, 2.05) is 0 Å². The number of nitrogens with one attached hydrogen (secondary N) is 1. The zero-order valence-electron chi connectivity index (χ0n) is 14.3. The van der Waals surface area contributed by atoms with Crippen molar-refractivity contribution in [1.82, 2.24) is 15.2 Å². The van der Waals surface area contributed by atoms with Crippen molar-refractivity contribution < 1.29 is 9.53 Å². The van der Waals surface area contributed by atoms with Gasteiger partial charge in [0.1, 0.15) is 5.82 Å². The number of hydrogen-bond acceptors (Lipinski definition) is 5. The van der Waals surface area contributed by atoms with Crippen LogP contribution in [0.2, 0.25) is 0 Å². The normalized spacial score (nSPS) is 21.3. The van der Waals surface area contributed by atoms with E-state index in [-0.39, 0.29) is 11.3 Å². The molecule has 6 nitrogen and oxygen atoms in total. The third-order valence-electron chi connectivity index (χ3n) is 5.24. The number of amides is 1. The number of nitrogens with zero attached hydrogens (tertiary/aromatic N) is 2. The lowest BCUT2D eigenvalue weighted by Crippen LogP contribution is -2.49. The first-order valence-corrected chi connectivity index (χ1v) is 8.97. The van der Waals surface area contributed by atoms with E-state index < -0.39 is 0 Å². The maximum Gasteiger partial charge on any atom is 0.251 e. The second-order valence-electron chi connectivity index (χ2n) is 7.10. The molecule has 1 aromatic heterocycles. The molecule has 1 saturated carbocycles. The van der Waals surface area contributed by atoms with Gasteiger partial charge in [-0.25, -0.2) is 4.98 Å². The molecular formula is C18H28N4O2. The van der Waals surface area contributed by atoms with Gasteiger partial charge in [0.15, 0.2) is 0 Å². The van der Waals surface area contributed by atoms with Crippen LogP contribution in [0.4, 0.5) is 5.82 Å². The van der Waals surface area contributed by atoms with E-state index in [1.54, 1.807) is 18.3 Å².